The third kappa shape index (κ3) is 11.0. The zero-order chi connectivity index (χ0) is 10.3. The lowest BCUT2D eigenvalue weighted by Gasteiger charge is -1.90. The Kier molecular flexibility index (Phi) is 5.24. The number of aromatic nitrogens is 3. The van der Waals surface area contributed by atoms with Crippen LogP contribution in [-0.2, 0) is 16.7 Å². The highest BCUT2D eigenvalue weighted by Crippen LogP contribution is 1.70. The average Bonchev–Trinajstić information content (AvgIpc) is 2.36. The molecule has 0 aliphatic rings. The van der Waals surface area contributed by atoms with Gasteiger partial charge in [-0.3, -0.25) is 0 Å². The predicted molar refractivity (Wildman–Crippen MR) is 44.7 cm³/mol. The van der Waals surface area contributed by atoms with E-state index in [-0.39, 0.29) is 0 Å². The van der Waals surface area contributed by atoms with E-state index in [9.17, 15) is 0 Å². The zero-order valence-corrected chi connectivity index (χ0v) is 8.41. The molecule has 0 bridgehead atoms. The molecular weight excluding hydrogens is 194 g/mol. The average molecular weight is 207 g/mol. The number of aryl methyl sites for hydroxylation is 1. The van der Waals surface area contributed by atoms with E-state index in [1.54, 1.807) is 12.7 Å². The van der Waals surface area contributed by atoms with Crippen molar-refractivity contribution in [3.63, 3.8) is 0 Å². The molecule has 0 amide bonds. The molecule has 1 N–H and O–H groups in total. The lowest BCUT2D eigenvalue weighted by atomic mass is 10.5. The summed E-state index contributed by atoms with van der Waals surface area (Å²) >= 11 is 0. The molecule has 0 spiro atoms. The van der Waals surface area contributed by atoms with Gasteiger partial charge in [0.15, 0.2) is 0 Å². The number of hydrogen-bond donors (Lipinski definition) is 1. The van der Waals surface area contributed by atoms with Crippen LogP contribution in [0.5, 0.6) is 0 Å². The van der Waals surface area contributed by atoms with Crippen molar-refractivity contribution < 1.29 is 17.7 Å². The molecule has 0 atom stereocenters. The molecule has 0 radical (unpaired) electrons. The van der Waals surface area contributed by atoms with E-state index in [2.05, 4.69) is 17.0 Å². The second-order valence-electron chi connectivity index (χ2n) is 2.42. The Hall–Kier alpha value is -0.950. The van der Waals surface area contributed by atoms with Crippen molar-refractivity contribution in [1.82, 2.24) is 10.1 Å². The molecule has 7 heteroatoms. The van der Waals surface area contributed by atoms with Gasteiger partial charge in [0, 0.05) is 6.26 Å². The van der Waals surface area contributed by atoms with Gasteiger partial charge in [-0.05, 0) is 11.4 Å². The molecule has 13 heavy (non-hydrogen) atoms. The van der Waals surface area contributed by atoms with Gasteiger partial charge in [-0.2, -0.15) is 9.78 Å². The standard InChI is InChI=1S/C5H9N3.CH4O3S/c1-2-3-8-5-6-4-7-8;1-5(2,3)4/h4-5H,2-3H2,1H3;1H3,(H,2,3,4). The zero-order valence-electron chi connectivity index (χ0n) is 7.60. The molecule has 0 aliphatic heterocycles. The number of nitrogens with one attached hydrogen (secondary N) is 1. The molecule has 1 heterocycles. The van der Waals surface area contributed by atoms with Gasteiger partial charge in [-0.15, -0.1) is 0 Å². The number of H-pyrrole nitrogens is 1. The molecule has 1 rings (SSSR count). The minimum atomic E-state index is -3.92. The Bertz CT molecular complexity index is 298. The van der Waals surface area contributed by atoms with Crippen LogP contribution in [0.2, 0.25) is 0 Å². The second kappa shape index (κ2) is 5.65. The van der Waals surface area contributed by atoms with Crippen molar-refractivity contribution in [2.45, 2.75) is 19.9 Å². The summed E-state index contributed by atoms with van der Waals surface area (Å²) in [5.41, 5.74) is 0. The molecule has 0 fully saturated rings. The molecule has 6 nitrogen and oxygen atoms in total. The molecule has 0 aliphatic carbocycles. The molecular formula is C6H13N3O3S. The van der Waals surface area contributed by atoms with Gasteiger partial charge in [0.2, 0.25) is 6.33 Å². The third-order valence-corrected chi connectivity index (χ3v) is 0.969. The van der Waals surface area contributed by atoms with Crippen LogP contribution in [-0.4, -0.2) is 29.3 Å². The maximum absolute atomic E-state index is 9.08. The van der Waals surface area contributed by atoms with E-state index in [0.717, 1.165) is 13.0 Å². The van der Waals surface area contributed by atoms with Crippen LogP contribution in [0, 0.1) is 0 Å². The summed E-state index contributed by atoms with van der Waals surface area (Å²) in [4.78, 5) is 3.85. The fraction of sp³-hybridized carbons (Fsp3) is 0.667. The van der Waals surface area contributed by atoms with Crippen molar-refractivity contribution in [2.24, 2.45) is 0 Å². The molecule has 1 aromatic rings. The van der Waals surface area contributed by atoms with Crippen LogP contribution in [0.3, 0.4) is 0 Å². The van der Waals surface area contributed by atoms with Crippen molar-refractivity contribution in [3.05, 3.63) is 12.7 Å². The lowest BCUT2D eigenvalue weighted by molar-refractivity contribution is -0.751. The van der Waals surface area contributed by atoms with E-state index in [1.807, 2.05) is 4.68 Å². The first kappa shape index (κ1) is 12.0. The summed E-state index contributed by atoms with van der Waals surface area (Å²) in [6.07, 6.45) is 5.21. The highest BCUT2D eigenvalue weighted by atomic mass is 32.2. The van der Waals surface area contributed by atoms with Gasteiger partial charge >= 0.3 is 6.33 Å². The van der Waals surface area contributed by atoms with Gasteiger partial charge in [0.1, 0.15) is 6.54 Å². The summed E-state index contributed by atoms with van der Waals surface area (Å²) in [7, 11) is -3.92. The summed E-state index contributed by atoms with van der Waals surface area (Å²) < 4.78 is 29.2. The molecule has 1 aromatic heterocycles. The van der Waals surface area contributed by atoms with Crippen LogP contribution in [0.4, 0.5) is 0 Å². The second-order valence-corrected chi connectivity index (χ2v) is 3.83. The molecule has 76 valence electrons. The Morgan fingerprint density at radius 3 is 2.46 bits per heavy atom. The number of nitrogens with zero attached hydrogens (tertiary/aromatic N) is 2. The minimum Gasteiger partial charge on any atom is -0.748 e. The topological polar surface area (TPSA) is 89.8 Å². The number of rotatable bonds is 2. The van der Waals surface area contributed by atoms with Gasteiger partial charge in [0.25, 0.3) is 0 Å². The summed E-state index contributed by atoms with van der Waals surface area (Å²) in [6.45, 7) is 3.16. The van der Waals surface area contributed by atoms with E-state index in [0.29, 0.717) is 6.26 Å². The van der Waals surface area contributed by atoms with Crippen LogP contribution >= 0.6 is 0 Å². The first-order chi connectivity index (χ1) is 5.93. The van der Waals surface area contributed by atoms with E-state index >= 15 is 0 Å². The van der Waals surface area contributed by atoms with Gasteiger partial charge in [-0.1, -0.05) is 6.92 Å². The van der Waals surface area contributed by atoms with Crippen LogP contribution in [0.1, 0.15) is 13.3 Å². The monoisotopic (exact) mass is 207 g/mol. The third-order valence-electron chi connectivity index (χ3n) is 0.969. The highest BCUT2D eigenvalue weighted by molar-refractivity contribution is 7.84. The molecule has 0 unspecified atom stereocenters. The van der Waals surface area contributed by atoms with Crippen molar-refractivity contribution >= 4 is 10.1 Å². The summed E-state index contributed by atoms with van der Waals surface area (Å²) in [6, 6.07) is 0. The maximum atomic E-state index is 9.08. The molecule has 0 saturated heterocycles. The van der Waals surface area contributed by atoms with Gasteiger partial charge in [0.05, 0.1) is 10.1 Å². The van der Waals surface area contributed by atoms with Crippen LogP contribution in [0.15, 0.2) is 12.7 Å². The van der Waals surface area contributed by atoms with Crippen molar-refractivity contribution in [1.29, 1.82) is 0 Å². The highest BCUT2D eigenvalue weighted by Gasteiger charge is 1.92. The van der Waals surface area contributed by atoms with Crippen LogP contribution in [0.25, 0.3) is 0 Å². The Labute approximate surface area is 77.4 Å². The molecule has 0 aromatic carbocycles. The summed E-state index contributed by atoms with van der Waals surface area (Å²) in [5.74, 6) is 0. The van der Waals surface area contributed by atoms with Gasteiger partial charge < -0.3 is 4.55 Å². The maximum Gasteiger partial charge on any atom is 0.306 e. The number of hydrogen-bond acceptors (Lipinski definition) is 4. The Balaban J connectivity index is 0.000000252. The number of aromatic amines is 1. The van der Waals surface area contributed by atoms with Crippen LogP contribution < -0.4 is 4.68 Å². The summed E-state index contributed by atoms with van der Waals surface area (Å²) in [5, 5.41) is 2.94. The lowest BCUT2D eigenvalue weighted by Crippen LogP contribution is -2.34. The normalized spacial score (nSPS) is 10.4. The quantitative estimate of drug-likeness (QED) is 0.511. The van der Waals surface area contributed by atoms with E-state index < -0.39 is 10.1 Å². The Morgan fingerprint density at radius 1 is 1.62 bits per heavy atom. The van der Waals surface area contributed by atoms with Crippen molar-refractivity contribution in [2.75, 3.05) is 6.26 Å². The Morgan fingerprint density at radius 2 is 2.15 bits per heavy atom. The first-order valence-electron chi connectivity index (χ1n) is 3.72. The smallest absolute Gasteiger partial charge is 0.306 e. The van der Waals surface area contributed by atoms with E-state index in [4.69, 9.17) is 13.0 Å². The fourth-order valence-corrected chi connectivity index (χ4v) is 0.618. The SMILES string of the molecule is CCC[n+]1cnc[nH]1.CS(=O)(=O)[O-]. The largest absolute Gasteiger partial charge is 0.748 e. The van der Waals surface area contributed by atoms with E-state index in [1.165, 1.54) is 0 Å². The van der Waals surface area contributed by atoms with Crippen molar-refractivity contribution in [3.8, 4) is 0 Å². The minimum absolute atomic E-state index is 0.604. The first-order valence-corrected chi connectivity index (χ1v) is 5.53. The van der Waals surface area contributed by atoms with Gasteiger partial charge in [-0.25, -0.2) is 8.42 Å². The predicted octanol–water partition coefficient (Wildman–Crippen LogP) is -0.731. The fourth-order valence-electron chi connectivity index (χ4n) is 0.618. The molecule has 0 saturated carbocycles.